The molecule has 2 aromatic heterocycles. The molecule has 4 rings (SSSR count). The van der Waals surface area contributed by atoms with E-state index in [1.165, 1.54) is 34.6 Å². The monoisotopic (exact) mass is 410 g/mol. The van der Waals surface area contributed by atoms with E-state index in [0.29, 0.717) is 34.5 Å². The van der Waals surface area contributed by atoms with Crippen LogP contribution in [0.1, 0.15) is 50.6 Å². The average Bonchev–Trinajstić information content (AvgIpc) is 3.31. The van der Waals surface area contributed by atoms with Gasteiger partial charge < -0.3 is 10.6 Å². The lowest BCUT2D eigenvalue weighted by Crippen LogP contribution is -2.43. The summed E-state index contributed by atoms with van der Waals surface area (Å²) in [4.78, 5) is 36.3. The number of nitrogens with two attached hydrogens (primary N) is 1. The van der Waals surface area contributed by atoms with Crippen LogP contribution in [0, 0.1) is 12.7 Å². The third kappa shape index (κ3) is 3.51. The van der Waals surface area contributed by atoms with Gasteiger partial charge in [0.1, 0.15) is 16.7 Å². The zero-order chi connectivity index (χ0) is 20.5. The number of nitrogens with zero attached hydrogens (tertiary/aromatic N) is 3. The Bertz CT molecular complexity index is 1070. The smallest absolute Gasteiger partial charge is 0.267 e. The van der Waals surface area contributed by atoms with Crippen molar-refractivity contribution in [3.05, 3.63) is 81.3 Å². The van der Waals surface area contributed by atoms with E-state index in [9.17, 15) is 14.0 Å². The van der Waals surface area contributed by atoms with E-state index in [1.54, 1.807) is 36.8 Å². The highest BCUT2D eigenvalue weighted by Gasteiger charge is 2.40. The predicted molar refractivity (Wildman–Crippen MR) is 107 cm³/mol. The summed E-state index contributed by atoms with van der Waals surface area (Å²) >= 11 is 1.21. The molecule has 2 heterocycles. The average molecular weight is 410 g/mol. The number of halogens is 1. The van der Waals surface area contributed by atoms with Crippen molar-refractivity contribution in [2.24, 2.45) is 5.73 Å². The van der Waals surface area contributed by atoms with Crippen molar-refractivity contribution in [2.45, 2.75) is 31.8 Å². The van der Waals surface area contributed by atoms with Gasteiger partial charge in [-0.2, -0.15) is 0 Å². The topological polar surface area (TPSA) is 89.2 Å². The van der Waals surface area contributed by atoms with Gasteiger partial charge >= 0.3 is 0 Å². The number of rotatable bonds is 5. The summed E-state index contributed by atoms with van der Waals surface area (Å²) in [7, 11) is 0. The van der Waals surface area contributed by atoms with Gasteiger partial charge in [-0.05, 0) is 49.1 Å². The number of aromatic nitrogens is 2. The molecule has 148 valence electrons. The first-order valence-electron chi connectivity index (χ1n) is 9.17. The molecule has 1 unspecified atom stereocenters. The minimum absolute atomic E-state index is 0.347. The molecule has 0 aliphatic heterocycles. The summed E-state index contributed by atoms with van der Waals surface area (Å²) < 4.78 is 14.0. The number of fused-ring (bicyclic) bond motifs is 1. The van der Waals surface area contributed by atoms with Crippen LogP contribution in [0.25, 0.3) is 0 Å². The van der Waals surface area contributed by atoms with E-state index >= 15 is 0 Å². The predicted octanol–water partition coefficient (Wildman–Crippen LogP) is 3.34. The van der Waals surface area contributed by atoms with Crippen molar-refractivity contribution >= 4 is 23.2 Å². The first-order chi connectivity index (χ1) is 14.0. The Morgan fingerprint density at radius 1 is 1.34 bits per heavy atom. The van der Waals surface area contributed by atoms with E-state index in [4.69, 9.17) is 5.73 Å². The fourth-order valence-corrected chi connectivity index (χ4v) is 4.65. The summed E-state index contributed by atoms with van der Waals surface area (Å²) in [5.41, 5.74) is 10.1. The van der Waals surface area contributed by atoms with Crippen molar-refractivity contribution in [2.75, 3.05) is 0 Å². The molecule has 0 saturated carbocycles. The molecule has 0 fully saturated rings. The normalized spacial score (nSPS) is 16.3. The van der Waals surface area contributed by atoms with Crippen molar-refractivity contribution in [1.29, 1.82) is 0 Å². The van der Waals surface area contributed by atoms with E-state index in [0.717, 1.165) is 5.56 Å². The molecule has 0 radical (unpaired) electrons. The third-order valence-electron chi connectivity index (χ3n) is 5.21. The minimum Gasteiger partial charge on any atom is -0.368 e. The summed E-state index contributed by atoms with van der Waals surface area (Å²) in [6, 6.07) is 6.47. The number of benzene rings is 1. The Balaban J connectivity index is 1.87. The number of aryl methyl sites for hydroxylation is 2. The lowest BCUT2D eigenvalue weighted by molar-refractivity contribution is -0.123. The number of primary amides is 1. The Labute approximate surface area is 171 Å². The first kappa shape index (κ1) is 19.2. The molecule has 2 N–H and O–H groups in total. The molecule has 6 nitrogen and oxygen atoms in total. The third-order valence-corrected chi connectivity index (χ3v) is 6.13. The molecule has 2 amide bonds. The highest BCUT2D eigenvalue weighted by Crippen LogP contribution is 2.41. The van der Waals surface area contributed by atoms with Gasteiger partial charge in [-0.1, -0.05) is 12.1 Å². The zero-order valence-electron chi connectivity index (χ0n) is 15.7. The van der Waals surface area contributed by atoms with Crippen LogP contribution in [0.5, 0.6) is 0 Å². The molecule has 0 bridgehead atoms. The van der Waals surface area contributed by atoms with Gasteiger partial charge in [0.2, 0.25) is 5.91 Å². The van der Waals surface area contributed by atoms with Crippen LogP contribution in [0.3, 0.4) is 0 Å². The lowest BCUT2D eigenvalue weighted by Gasteiger charge is -2.35. The Morgan fingerprint density at radius 3 is 2.83 bits per heavy atom. The lowest BCUT2D eigenvalue weighted by atomic mass is 10.00. The molecule has 3 aromatic rings. The van der Waals surface area contributed by atoms with E-state index in [1.807, 2.05) is 0 Å². The van der Waals surface area contributed by atoms with Crippen LogP contribution in [0.15, 0.2) is 48.2 Å². The zero-order valence-corrected chi connectivity index (χ0v) is 16.5. The molecule has 8 heteroatoms. The fraction of sp³-hybridized carbons (Fsp3) is 0.238. The second kappa shape index (κ2) is 7.71. The van der Waals surface area contributed by atoms with Crippen LogP contribution in [-0.2, 0) is 11.2 Å². The molecule has 0 saturated heterocycles. The van der Waals surface area contributed by atoms with Crippen LogP contribution < -0.4 is 5.73 Å². The van der Waals surface area contributed by atoms with Gasteiger partial charge in [0.25, 0.3) is 5.91 Å². The second-order valence-electron chi connectivity index (χ2n) is 6.97. The number of hydrogen-bond donors (Lipinski definition) is 1. The summed E-state index contributed by atoms with van der Waals surface area (Å²) in [6.07, 6.45) is 4.37. The van der Waals surface area contributed by atoms with Gasteiger partial charge in [0.05, 0.1) is 17.2 Å². The van der Waals surface area contributed by atoms with Crippen LogP contribution in [0.2, 0.25) is 0 Å². The number of carbonyl (C=O) groups is 2. The largest absolute Gasteiger partial charge is 0.368 e. The van der Waals surface area contributed by atoms with Gasteiger partial charge in [-0.3, -0.25) is 14.6 Å². The molecular weight excluding hydrogens is 391 g/mol. The van der Waals surface area contributed by atoms with Gasteiger partial charge in [0, 0.05) is 18.0 Å². The Hall–Kier alpha value is -3.13. The molecule has 1 aromatic carbocycles. The van der Waals surface area contributed by atoms with Crippen LogP contribution in [0.4, 0.5) is 4.39 Å². The van der Waals surface area contributed by atoms with Crippen molar-refractivity contribution < 1.29 is 14.0 Å². The van der Waals surface area contributed by atoms with Crippen molar-refractivity contribution in [3.63, 3.8) is 0 Å². The maximum atomic E-state index is 14.0. The van der Waals surface area contributed by atoms with E-state index in [2.05, 4.69) is 9.97 Å². The highest BCUT2D eigenvalue weighted by atomic mass is 32.1. The summed E-state index contributed by atoms with van der Waals surface area (Å²) in [5, 5.41) is 0. The maximum absolute atomic E-state index is 14.0. The van der Waals surface area contributed by atoms with E-state index < -0.39 is 18.0 Å². The van der Waals surface area contributed by atoms with Crippen molar-refractivity contribution in [3.8, 4) is 0 Å². The number of carbonyl (C=O) groups excluding carboxylic acids is 2. The summed E-state index contributed by atoms with van der Waals surface area (Å²) in [5.74, 6) is -1.40. The quantitative estimate of drug-likeness (QED) is 0.699. The van der Waals surface area contributed by atoms with Gasteiger partial charge in [-0.15, -0.1) is 11.3 Å². The molecule has 2 atom stereocenters. The number of amides is 2. The van der Waals surface area contributed by atoms with Gasteiger partial charge in [-0.25, -0.2) is 9.37 Å². The summed E-state index contributed by atoms with van der Waals surface area (Å²) in [6.45, 7) is 1.74. The maximum Gasteiger partial charge on any atom is 0.267 e. The Morgan fingerprint density at radius 2 is 2.17 bits per heavy atom. The molecule has 1 aliphatic rings. The standard InChI is InChI=1S/C21H19FN4O2S/c1-12-19(29-11-25-12)21(28)26(18(20(23)27)14-3-2-8-24-10-14)17-7-5-13-4-6-15(22)9-16(13)17/h2-4,6,8-11,17-18H,5,7H2,1H3,(H2,23,27)/t17-,18?/m1/s1. The highest BCUT2D eigenvalue weighted by molar-refractivity contribution is 7.11. The van der Waals surface area contributed by atoms with Crippen LogP contribution in [-0.4, -0.2) is 26.7 Å². The number of thiazole rings is 1. The molecular formula is C21H19FN4O2S. The Kier molecular flexibility index (Phi) is 5.10. The fourth-order valence-electron chi connectivity index (χ4n) is 3.90. The van der Waals surface area contributed by atoms with Crippen LogP contribution >= 0.6 is 11.3 Å². The second-order valence-corrected chi connectivity index (χ2v) is 7.82. The minimum atomic E-state index is -1.03. The SMILES string of the molecule is Cc1ncsc1C(=O)N(C(C(N)=O)c1cccnc1)[C@@H]1CCc2ccc(F)cc21. The first-order valence-corrected chi connectivity index (χ1v) is 10.1. The van der Waals surface area contributed by atoms with E-state index in [-0.39, 0.29) is 11.7 Å². The number of hydrogen-bond acceptors (Lipinski definition) is 5. The molecule has 1 aliphatic carbocycles. The number of pyridine rings is 1. The molecule has 29 heavy (non-hydrogen) atoms. The van der Waals surface area contributed by atoms with Crippen molar-refractivity contribution in [1.82, 2.24) is 14.9 Å². The molecule has 0 spiro atoms. The van der Waals surface area contributed by atoms with Gasteiger partial charge in [0.15, 0.2) is 0 Å².